The molecule has 2 aromatic carbocycles. The number of para-hydroxylation sites is 2. The Morgan fingerprint density at radius 2 is 1.96 bits per heavy atom. The van der Waals surface area contributed by atoms with E-state index in [0.717, 1.165) is 0 Å². The quantitative estimate of drug-likeness (QED) is 0.691. The van der Waals surface area contributed by atoms with E-state index in [1.807, 2.05) is 0 Å². The summed E-state index contributed by atoms with van der Waals surface area (Å²) in [5, 5.41) is 3.51. The van der Waals surface area contributed by atoms with Gasteiger partial charge in [0.25, 0.3) is 0 Å². The number of rotatable bonds is 6. The van der Waals surface area contributed by atoms with Gasteiger partial charge in [-0.15, -0.1) is 11.8 Å². The van der Waals surface area contributed by atoms with E-state index in [2.05, 4.69) is 10.1 Å². The molecule has 0 aliphatic carbocycles. The minimum Gasteiger partial charge on any atom is -0.433 e. The molecule has 8 heteroatoms. The average Bonchev–Trinajstić information content (AvgIpc) is 2.50. The van der Waals surface area contributed by atoms with E-state index in [9.17, 15) is 13.6 Å². The Hall–Kier alpha value is -1.50. The monoisotopic (exact) mass is 377 g/mol. The number of ether oxygens (including phenoxy) is 1. The topological polar surface area (TPSA) is 38.3 Å². The van der Waals surface area contributed by atoms with Crippen LogP contribution in [0.1, 0.15) is 0 Å². The van der Waals surface area contributed by atoms with Gasteiger partial charge in [0.15, 0.2) is 0 Å². The van der Waals surface area contributed by atoms with Crippen LogP contribution in [0.25, 0.3) is 0 Å². The zero-order valence-corrected chi connectivity index (χ0v) is 13.9. The lowest BCUT2D eigenvalue weighted by atomic mass is 10.3. The van der Waals surface area contributed by atoms with Crippen LogP contribution in [-0.2, 0) is 4.79 Å². The molecule has 0 spiro atoms. The maximum atomic E-state index is 12.3. The van der Waals surface area contributed by atoms with Crippen molar-refractivity contribution in [1.82, 2.24) is 0 Å². The average molecular weight is 378 g/mol. The standard InChI is InChI=1S/C15H11Cl2F2NO2S/c16-9-5-6-10(17)13(7-9)23-8-14(21)20-11-3-1-2-4-12(11)22-15(18)19/h1-7,15H,8H2,(H,20,21). The van der Waals surface area contributed by atoms with E-state index < -0.39 is 6.61 Å². The fourth-order valence-corrected chi connectivity index (χ4v) is 2.98. The van der Waals surface area contributed by atoms with Gasteiger partial charge in [0.2, 0.25) is 5.91 Å². The van der Waals surface area contributed by atoms with Crippen molar-refractivity contribution in [3.8, 4) is 5.75 Å². The molecule has 0 aliphatic rings. The van der Waals surface area contributed by atoms with Crippen molar-refractivity contribution in [2.75, 3.05) is 11.1 Å². The highest BCUT2D eigenvalue weighted by Gasteiger charge is 2.12. The summed E-state index contributed by atoms with van der Waals surface area (Å²) in [5.74, 6) is -0.429. The Morgan fingerprint density at radius 1 is 1.22 bits per heavy atom. The van der Waals surface area contributed by atoms with Gasteiger partial charge in [-0.1, -0.05) is 35.3 Å². The number of anilines is 1. The van der Waals surface area contributed by atoms with Crippen LogP contribution in [0.5, 0.6) is 5.75 Å². The van der Waals surface area contributed by atoms with Crippen molar-refractivity contribution in [3.05, 3.63) is 52.5 Å². The number of alkyl halides is 2. The van der Waals surface area contributed by atoms with Crippen molar-refractivity contribution in [1.29, 1.82) is 0 Å². The Kier molecular flexibility index (Phi) is 6.50. The molecule has 0 aliphatic heterocycles. The van der Waals surface area contributed by atoms with E-state index in [0.29, 0.717) is 14.9 Å². The normalized spacial score (nSPS) is 10.7. The van der Waals surface area contributed by atoms with Crippen LogP contribution in [0.15, 0.2) is 47.4 Å². The molecule has 0 bridgehead atoms. The highest BCUT2D eigenvalue weighted by atomic mass is 35.5. The lowest BCUT2D eigenvalue weighted by Crippen LogP contribution is -2.15. The molecular formula is C15H11Cl2F2NO2S. The van der Waals surface area contributed by atoms with Crippen molar-refractivity contribution in [3.63, 3.8) is 0 Å². The van der Waals surface area contributed by atoms with Gasteiger partial charge in [-0.3, -0.25) is 4.79 Å². The van der Waals surface area contributed by atoms with E-state index >= 15 is 0 Å². The predicted molar refractivity (Wildman–Crippen MR) is 88.9 cm³/mol. The molecular weight excluding hydrogens is 367 g/mol. The SMILES string of the molecule is O=C(CSc1cc(Cl)ccc1Cl)Nc1ccccc1OC(F)F. The van der Waals surface area contributed by atoms with Crippen molar-refractivity contribution >= 4 is 46.6 Å². The van der Waals surface area contributed by atoms with Crippen LogP contribution < -0.4 is 10.1 Å². The second-order valence-electron chi connectivity index (χ2n) is 4.29. The number of thioether (sulfide) groups is 1. The fourth-order valence-electron chi connectivity index (χ4n) is 1.69. The number of benzene rings is 2. The first-order chi connectivity index (χ1) is 11.0. The summed E-state index contributed by atoms with van der Waals surface area (Å²) in [7, 11) is 0. The molecule has 2 aromatic rings. The van der Waals surface area contributed by atoms with Gasteiger partial charge < -0.3 is 10.1 Å². The number of amides is 1. The van der Waals surface area contributed by atoms with Crippen molar-refractivity contribution in [2.24, 2.45) is 0 Å². The molecule has 0 unspecified atom stereocenters. The van der Waals surface area contributed by atoms with Crippen LogP contribution in [0.3, 0.4) is 0 Å². The molecule has 2 rings (SSSR count). The van der Waals surface area contributed by atoms with Crippen molar-refractivity contribution < 1.29 is 18.3 Å². The van der Waals surface area contributed by atoms with Gasteiger partial charge in [-0.05, 0) is 30.3 Å². The summed E-state index contributed by atoms with van der Waals surface area (Å²) in [6.07, 6.45) is 0. The molecule has 0 aromatic heterocycles. The second-order valence-corrected chi connectivity index (χ2v) is 6.15. The van der Waals surface area contributed by atoms with Gasteiger partial charge >= 0.3 is 6.61 Å². The first-order valence-electron chi connectivity index (χ1n) is 6.37. The molecule has 1 amide bonds. The van der Waals surface area contributed by atoms with Crippen molar-refractivity contribution in [2.45, 2.75) is 11.5 Å². The number of carbonyl (C=O) groups excluding carboxylic acids is 1. The molecule has 0 radical (unpaired) electrons. The van der Waals surface area contributed by atoms with Gasteiger partial charge in [0, 0.05) is 9.92 Å². The van der Waals surface area contributed by atoms with Gasteiger partial charge in [0.05, 0.1) is 16.5 Å². The number of nitrogens with one attached hydrogen (secondary N) is 1. The van der Waals surface area contributed by atoms with Gasteiger partial charge in [-0.2, -0.15) is 8.78 Å². The predicted octanol–water partition coefficient (Wildman–Crippen LogP) is 5.33. The summed E-state index contributed by atoms with van der Waals surface area (Å²) in [6.45, 7) is -2.97. The third-order valence-electron chi connectivity index (χ3n) is 2.63. The maximum absolute atomic E-state index is 12.3. The highest BCUT2D eigenvalue weighted by Crippen LogP contribution is 2.30. The van der Waals surface area contributed by atoms with Crippen LogP contribution in [0, 0.1) is 0 Å². The van der Waals surface area contributed by atoms with Crippen LogP contribution in [0.4, 0.5) is 14.5 Å². The van der Waals surface area contributed by atoms with Gasteiger partial charge in [-0.25, -0.2) is 0 Å². The number of hydrogen-bond donors (Lipinski definition) is 1. The van der Waals surface area contributed by atoms with E-state index in [1.165, 1.54) is 30.0 Å². The molecule has 23 heavy (non-hydrogen) atoms. The maximum Gasteiger partial charge on any atom is 0.387 e. The molecule has 0 atom stereocenters. The zero-order valence-electron chi connectivity index (χ0n) is 11.6. The summed E-state index contributed by atoms with van der Waals surface area (Å²) in [5.41, 5.74) is 0.176. The highest BCUT2D eigenvalue weighted by molar-refractivity contribution is 8.00. The lowest BCUT2D eigenvalue weighted by molar-refractivity contribution is -0.113. The van der Waals surface area contributed by atoms with E-state index in [-0.39, 0.29) is 23.1 Å². The first-order valence-corrected chi connectivity index (χ1v) is 8.11. The minimum absolute atomic E-state index is 0.0447. The molecule has 0 fully saturated rings. The van der Waals surface area contributed by atoms with E-state index in [4.69, 9.17) is 23.2 Å². The van der Waals surface area contributed by atoms with Crippen LogP contribution >= 0.6 is 35.0 Å². The van der Waals surface area contributed by atoms with E-state index in [1.54, 1.807) is 24.3 Å². The summed E-state index contributed by atoms with van der Waals surface area (Å²) >= 11 is 13.1. The Bertz CT molecular complexity index is 701. The minimum atomic E-state index is -2.97. The molecule has 0 heterocycles. The summed E-state index contributed by atoms with van der Waals surface area (Å²) < 4.78 is 29.0. The fraction of sp³-hybridized carbons (Fsp3) is 0.133. The van der Waals surface area contributed by atoms with Crippen LogP contribution in [-0.4, -0.2) is 18.3 Å². The van der Waals surface area contributed by atoms with Gasteiger partial charge in [0.1, 0.15) is 5.75 Å². The molecule has 3 nitrogen and oxygen atoms in total. The number of halogens is 4. The second kappa shape index (κ2) is 8.38. The largest absolute Gasteiger partial charge is 0.433 e. The molecule has 0 saturated heterocycles. The number of hydrogen-bond acceptors (Lipinski definition) is 3. The molecule has 122 valence electrons. The Balaban J connectivity index is 1.99. The first kappa shape index (κ1) is 17.8. The third kappa shape index (κ3) is 5.57. The lowest BCUT2D eigenvalue weighted by Gasteiger charge is -2.11. The summed E-state index contributed by atoms with van der Waals surface area (Å²) in [6, 6.07) is 10.9. The smallest absolute Gasteiger partial charge is 0.387 e. The zero-order chi connectivity index (χ0) is 16.8. The Labute approximate surface area is 145 Å². The third-order valence-corrected chi connectivity index (χ3v) is 4.36. The molecule has 1 N–H and O–H groups in total. The molecule has 0 saturated carbocycles. The number of carbonyl (C=O) groups is 1. The summed E-state index contributed by atoms with van der Waals surface area (Å²) in [4.78, 5) is 12.6. The Morgan fingerprint density at radius 3 is 2.70 bits per heavy atom. The van der Waals surface area contributed by atoms with Crippen LogP contribution in [0.2, 0.25) is 10.0 Å².